The summed E-state index contributed by atoms with van der Waals surface area (Å²) in [6.45, 7) is 7.32. The lowest BCUT2D eigenvalue weighted by Crippen LogP contribution is -2.13. The molecule has 1 aromatic carbocycles. The second-order valence-electron chi connectivity index (χ2n) is 4.75. The van der Waals surface area contributed by atoms with Crippen LogP contribution < -0.4 is 10.1 Å². The minimum atomic E-state index is -0.362. The summed E-state index contributed by atoms with van der Waals surface area (Å²) in [5.74, 6) is 0.524. The van der Waals surface area contributed by atoms with Crippen LogP contribution in [0.3, 0.4) is 0 Å². The number of halogens is 1. The first-order chi connectivity index (χ1) is 9.60. The van der Waals surface area contributed by atoms with E-state index < -0.39 is 0 Å². The van der Waals surface area contributed by atoms with Gasteiger partial charge in [0, 0.05) is 30.1 Å². The smallest absolute Gasteiger partial charge is 0.165 e. The number of hydrogen-bond acceptors (Lipinski definition) is 3. The van der Waals surface area contributed by atoms with Gasteiger partial charge in [0.15, 0.2) is 11.6 Å². The molecular formula is C16H19FN2O. The minimum absolute atomic E-state index is 0.244. The Hall–Kier alpha value is -1.94. The van der Waals surface area contributed by atoms with Gasteiger partial charge in [0.25, 0.3) is 0 Å². The highest BCUT2D eigenvalue weighted by molar-refractivity contribution is 5.39. The van der Waals surface area contributed by atoms with E-state index in [9.17, 15) is 4.39 Å². The molecule has 0 aliphatic carbocycles. The maximum atomic E-state index is 13.8. The predicted octanol–water partition coefficient (Wildman–Crippen LogP) is 3.74. The molecular weight excluding hydrogens is 255 g/mol. The van der Waals surface area contributed by atoms with E-state index >= 15 is 0 Å². The van der Waals surface area contributed by atoms with Gasteiger partial charge in [-0.2, -0.15) is 0 Å². The summed E-state index contributed by atoms with van der Waals surface area (Å²) in [5, 5.41) is 3.22. The number of nitrogens with zero attached hydrogens (tertiary/aromatic N) is 1. The van der Waals surface area contributed by atoms with Crippen LogP contribution in [0.5, 0.6) is 11.5 Å². The fourth-order valence-electron chi connectivity index (χ4n) is 1.86. The second kappa shape index (κ2) is 6.48. The normalized spacial score (nSPS) is 10.6. The first-order valence-corrected chi connectivity index (χ1v) is 6.70. The van der Waals surface area contributed by atoms with Crippen molar-refractivity contribution in [2.75, 3.05) is 6.54 Å². The SMILES string of the molecule is CCNCc1cnc(C)cc1Oc1cc(C)ccc1F. The largest absolute Gasteiger partial charge is 0.454 e. The van der Waals surface area contributed by atoms with Crippen LogP contribution in [0.4, 0.5) is 4.39 Å². The molecule has 1 aromatic heterocycles. The molecule has 2 aromatic rings. The van der Waals surface area contributed by atoms with E-state index in [1.54, 1.807) is 18.3 Å². The van der Waals surface area contributed by atoms with Crippen molar-refractivity contribution in [3.05, 3.63) is 53.1 Å². The molecule has 0 saturated heterocycles. The van der Waals surface area contributed by atoms with Crippen LogP contribution in [0.25, 0.3) is 0 Å². The lowest BCUT2D eigenvalue weighted by Gasteiger charge is -2.13. The molecule has 0 saturated carbocycles. The van der Waals surface area contributed by atoms with Gasteiger partial charge < -0.3 is 10.1 Å². The van der Waals surface area contributed by atoms with Gasteiger partial charge in [-0.15, -0.1) is 0 Å². The summed E-state index contributed by atoms with van der Waals surface area (Å²) >= 11 is 0. The molecule has 0 unspecified atom stereocenters. The Morgan fingerprint density at radius 3 is 2.75 bits per heavy atom. The minimum Gasteiger partial charge on any atom is -0.454 e. The van der Waals surface area contributed by atoms with Gasteiger partial charge in [-0.3, -0.25) is 4.98 Å². The maximum absolute atomic E-state index is 13.8. The number of hydrogen-bond donors (Lipinski definition) is 1. The topological polar surface area (TPSA) is 34.2 Å². The van der Waals surface area contributed by atoms with Crippen LogP contribution >= 0.6 is 0 Å². The predicted molar refractivity (Wildman–Crippen MR) is 77.6 cm³/mol. The van der Waals surface area contributed by atoms with Crippen molar-refractivity contribution in [3.8, 4) is 11.5 Å². The van der Waals surface area contributed by atoms with Gasteiger partial charge in [0.05, 0.1) is 0 Å². The molecule has 20 heavy (non-hydrogen) atoms. The summed E-state index contributed by atoms with van der Waals surface area (Å²) in [4.78, 5) is 4.26. The lowest BCUT2D eigenvalue weighted by molar-refractivity contribution is 0.434. The molecule has 3 nitrogen and oxygen atoms in total. The number of rotatable bonds is 5. The third-order valence-corrected chi connectivity index (χ3v) is 2.95. The highest BCUT2D eigenvalue weighted by atomic mass is 19.1. The highest BCUT2D eigenvalue weighted by Gasteiger charge is 2.10. The molecule has 0 bridgehead atoms. The van der Waals surface area contributed by atoms with Crippen molar-refractivity contribution in [2.45, 2.75) is 27.3 Å². The van der Waals surface area contributed by atoms with E-state index in [1.165, 1.54) is 6.07 Å². The number of pyridine rings is 1. The van der Waals surface area contributed by atoms with Crippen molar-refractivity contribution < 1.29 is 9.13 Å². The van der Waals surface area contributed by atoms with E-state index in [4.69, 9.17) is 4.74 Å². The van der Waals surface area contributed by atoms with Crippen molar-refractivity contribution in [1.29, 1.82) is 0 Å². The average molecular weight is 274 g/mol. The van der Waals surface area contributed by atoms with E-state index in [1.807, 2.05) is 26.8 Å². The van der Waals surface area contributed by atoms with Gasteiger partial charge in [0.1, 0.15) is 5.75 Å². The van der Waals surface area contributed by atoms with Gasteiger partial charge in [-0.25, -0.2) is 4.39 Å². The fourth-order valence-corrected chi connectivity index (χ4v) is 1.86. The van der Waals surface area contributed by atoms with Crippen LogP contribution in [0, 0.1) is 19.7 Å². The Morgan fingerprint density at radius 2 is 2.00 bits per heavy atom. The number of nitrogens with one attached hydrogen (secondary N) is 1. The molecule has 0 amide bonds. The zero-order valence-electron chi connectivity index (χ0n) is 12.0. The van der Waals surface area contributed by atoms with E-state index in [0.29, 0.717) is 12.3 Å². The molecule has 0 atom stereocenters. The molecule has 0 aliphatic heterocycles. The van der Waals surface area contributed by atoms with E-state index in [0.717, 1.165) is 23.4 Å². The molecule has 0 spiro atoms. The number of ether oxygens (including phenoxy) is 1. The van der Waals surface area contributed by atoms with Gasteiger partial charge in [-0.05, 0) is 38.1 Å². The first-order valence-electron chi connectivity index (χ1n) is 6.70. The van der Waals surface area contributed by atoms with Crippen LogP contribution in [0.15, 0.2) is 30.5 Å². The molecule has 0 aliphatic rings. The molecule has 0 radical (unpaired) electrons. The van der Waals surface area contributed by atoms with Crippen LogP contribution in [0.1, 0.15) is 23.7 Å². The summed E-state index contributed by atoms with van der Waals surface area (Å²) in [5.41, 5.74) is 2.71. The third kappa shape index (κ3) is 3.54. The molecule has 1 heterocycles. The molecule has 2 rings (SSSR count). The van der Waals surface area contributed by atoms with Crippen molar-refractivity contribution in [3.63, 3.8) is 0 Å². The molecule has 4 heteroatoms. The maximum Gasteiger partial charge on any atom is 0.165 e. The Bertz CT molecular complexity index is 599. The Labute approximate surface area is 118 Å². The summed E-state index contributed by atoms with van der Waals surface area (Å²) < 4.78 is 19.5. The Morgan fingerprint density at radius 1 is 1.20 bits per heavy atom. The summed E-state index contributed by atoms with van der Waals surface area (Å²) in [6.07, 6.45) is 1.76. The lowest BCUT2D eigenvalue weighted by atomic mass is 10.2. The summed E-state index contributed by atoms with van der Waals surface area (Å²) in [7, 11) is 0. The second-order valence-corrected chi connectivity index (χ2v) is 4.75. The monoisotopic (exact) mass is 274 g/mol. The molecule has 106 valence electrons. The zero-order chi connectivity index (χ0) is 14.5. The number of benzene rings is 1. The Kier molecular flexibility index (Phi) is 4.69. The Balaban J connectivity index is 2.31. The van der Waals surface area contributed by atoms with E-state index in [2.05, 4.69) is 10.3 Å². The van der Waals surface area contributed by atoms with Crippen molar-refractivity contribution in [1.82, 2.24) is 10.3 Å². The van der Waals surface area contributed by atoms with Gasteiger partial charge >= 0.3 is 0 Å². The summed E-state index contributed by atoms with van der Waals surface area (Å²) in [6, 6.07) is 6.67. The first kappa shape index (κ1) is 14.5. The van der Waals surface area contributed by atoms with Crippen LogP contribution in [-0.4, -0.2) is 11.5 Å². The van der Waals surface area contributed by atoms with Gasteiger partial charge in [-0.1, -0.05) is 13.0 Å². The third-order valence-electron chi connectivity index (χ3n) is 2.95. The molecule has 1 N–H and O–H groups in total. The fraction of sp³-hybridized carbons (Fsp3) is 0.312. The quantitative estimate of drug-likeness (QED) is 0.902. The average Bonchev–Trinajstić information content (AvgIpc) is 2.42. The molecule has 0 fully saturated rings. The van der Waals surface area contributed by atoms with E-state index in [-0.39, 0.29) is 11.6 Å². The van der Waals surface area contributed by atoms with Crippen LogP contribution in [0.2, 0.25) is 0 Å². The standard InChI is InChI=1S/C16H19FN2O/c1-4-18-9-13-10-19-12(3)8-15(13)20-16-7-11(2)5-6-14(16)17/h5-8,10,18H,4,9H2,1-3H3. The van der Waals surface area contributed by atoms with Gasteiger partial charge in [0.2, 0.25) is 0 Å². The zero-order valence-corrected chi connectivity index (χ0v) is 12.0. The van der Waals surface area contributed by atoms with Crippen LogP contribution in [-0.2, 0) is 6.54 Å². The number of aryl methyl sites for hydroxylation is 2. The number of aromatic nitrogens is 1. The van der Waals surface area contributed by atoms with Crippen molar-refractivity contribution >= 4 is 0 Å². The highest BCUT2D eigenvalue weighted by Crippen LogP contribution is 2.28. The van der Waals surface area contributed by atoms with Crippen molar-refractivity contribution in [2.24, 2.45) is 0 Å².